The second-order valence-electron chi connectivity index (χ2n) is 6.90. The molecule has 0 unspecified atom stereocenters. The smallest absolute Gasteiger partial charge is 0.388 e. The van der Waals surface area contributed by atoms with Gasteiger partial charge in [-0.3, -0.25) is 9.69 Å². The number of carbonyl (C=O) groups is 2. The molecule has 3 rings (SSSR count). The summed E-state index contributed by atoms with van der Waals surface area (Å²) >= 11 is 0. The van der Waals surface area contributed by atoms with Crippen LogP contribution in [-0.4, -0.2) is 54.7 Å². The summed E-state index contributed by atoms with van der Waals surface area (Å²) < 4.78 is 59.4. The van der Waals surface area contributed by atoms with Gasteiger partial charge in [0.15, 0.2) is 5.78 Å². The van der Waals surface area contributed by atoms with Crippen LogP contribution in [0.25, 0.3) is 0 Å². The molecular formula is C21H20F4N2O4. The SMILES string of the molecule is O=C(CO)c1ccc(CN(C(=O)N2CCOCC2)c2cccc(C(F)(F)F)c2)c(F)c1. The maximum absolute atomic E-state index is 14.6. The van der Waals surface area contributed by atoms with Crippen LogP contribution in [0, 0.1) is 5.82 Å². The Morgan fingerprint density at radius 2 is 1.81 bits per heavy atom. The van der Waals surface area contributed by atoms with E-state index in [0.717, 1.165) is 23.1 Å². The minimum absolute atomic E-state index is 0.00788. The van der Waals surface area contributed by atoms with Gasteiger partial charge >= 0.3 is 12.2 Å². The molecule has 0 radical (unpaired) electrons. The van der Waals surface area contributed by atoms with Crippen LogP contribution in [-0.2, 0) is 17.5 Å². The number of amides is 2. The third-order valence-electron chi connectivity index (χ3n) is 4.84. The Hall–Kier alpha value is -2.98. The fourth-order valence-electron chi connectivity index (χ4n) is 3.16. The second kappa shape index (κ2) is 9.44. The molecule has 1 fully saturated rings. The van der Waals surface area contributed by atoms with Gasteiger partial charge in [-0.15, -0.1) is 0 Å². The fraction of sp³-hybridized carbons (Fsp3) is 0.333. The monoisotopic (exact) mass is 440 g/mol. The van der Waals surface area contributed by atoms with Gasteiger partial charge in [-0.2, -0.15) is 13.2 Å². The zero-order chi connectivity index (χ0) is 22.6. The molecule has 1 saturated heterocycles. The first-order chi connectivity index (χ1) is 14.7. The van der Waals surface area contributed by atoms with Gasteiger partial charge in [0.2, 0.25) is 0 Å². The van der Waals surface area contributed by atoms with Crippen LogP contribution in [0.2, 0.25) is 0 Å². The Morgan fingerprint density at radius 3 is 2.42 bits per heavy atom. The number of alkyl halides is 3. The number of morpholine rings is 1. The molecule has 6 nitrogen and oxygen atoms in total. The average Bonchev–Trinajstić information content (AvgIpc) is 2.77. The first kappa shape index (κ1) is 22.7. The molecule has 1 N–H and O–H groups in total. The lowest BCUT2D eigenvalue weighted by atomic mass is 10.1. The van der Waals surface area contributed by atoms with Gasteiger partial charge in [-0.25, -0.2) is 9.18 Å². The van der Waals surface area contributed by atoms with Crippen molar-refractivity contribution in [3.05, 3.63) is 65.0 Å². The van der Waals surface area contributed by atoms with Crippen molar-refractivity contribution < 1.29 is 37.0 Å². The zero-order valence-corrected chi connectivity index (χ0v) is 16.4. The molecule has 0 spiro atoms. The average molecular weight is 440 g/mol. The Bertz CT molecular complexity index is 959. The number of ketones is 1. The van der Waals surface area contributed by atoms with E-state index in [1.54, 1.807) is 0 Å². The minimum atomic E-state index is -4.61. The van der Waals surface area contributed by atoms with E-state index in [1.807, 2.05) is 0 Å². The predicted octanol–water partition coefficient (Wildman–Crippen LogP) is 3.48. The van der Waals surface area contributed by atoms with Crippen LogP contribution in [0.3, 0.4) is 0 Å². The quantitative estimate of drug-likeness (QED) is 0.571. The predicted molar refractivity (Wildman–Crippen MR) is 103 cm³/mol. The van der Waals surface area contributed by atoms with Crippen LogP contribution in [0.4, 0.5) is 28.0 Å². The van der Waals surface area contributed by atoms with Gasteiger partial charge in [-0.05, 0) is 24.3 Å². The Morgan fingerprint density at radius 1 is 1.10 bits per heavy atom. The summed E-state index contributed by atoms with van der Waals surface area (Å²) in [6.45, 7) is -0.0635. The van der Waals surface area contributed by atoms with Gasteiger partial charge in [0, 0.05) is 29.9 Å². The van der Waals surface area contributed by atoms with Crippen LogP contribution < -0.4 is 4.90 Å². The van der Waals surface area contributed by atoms with Gasteiger partial charge in [0.25, 0.3) is 0 Å². The van der Waals surface area contributed by atoms with E-state index in [9.17, 15) is 27.2 Å². The molecule has 1 heterocycles. The number of halogens is 4. The number of nitrogens with zero attached hydrogens (tertiary/aromatic N) is 2. The van der Waals surface area contributed by atoms with Crippen molar-refractivity contribution in [2.24, 2.45) is 0 Å². The number of rotatable bonds is 5. The lowest BCUT2D eigenvalue weighted by Gasteiger charge is -2.33. The van der Waals surface area contributed by atoms with Crippen LogP contribution >= 0.6 is 0 Å². The molecule has 1 aliphatic rings. The van der Waals surface area contributed by atoms with Gasteiger partial charge in [0.1, 0.15) is 12.4 Å². The molecule has 2 amide bonds. The molecule has 0 aliphatic carbocycles. The third-order valence-corrected chi connectivity index (χ3v) is 4.84. The summed E-state index contributed by atoms with van der Waals surface area (Å²) in [4.78, 5) is 27.1. The molecule has 0 saturated carbocycles. The Balaban J connectivity index is 1.97. The largest absolute Gasteiger partial charge is 0.416 e. The van der Waals surface area contributed by atoms with Crippen molar-refractivity contribution in [2.75, 3.05) is 37.8 Å². The number of Topliss-reactive ketones (excluding diaryl/α,β-unsaturated/α-hetero) is 1. The molecule has 2 aromatic rings. The van der Waals surface area contributed by atoms with Crippen molar-refractivity contribution in [1.29, 1.82) is 0 Å². The van der Waals surface area contributed by atoms with Crippen molar-refractivity contribution in [2.45, 2.75) is 12.7 Å². The highest BCUT2D eigenvalue weighted by molar-refractivity contribution is 5.97. The Kier molecular flexibility index (Phi) is 6.91. The standard InChI is InChI=1S/C21H20F4N2O4/c22-18-10-14(19(29)13-28)4-5-15(18)12-27(20(30)26-6-8-31-9-7-26)17-3-1-2-16(11-17)21(23,24)25/h1-5,10-11,28H,6-9,12-13H2. The highest BCUT2D eigenvalue weighted by Gasteiger charge is 2.32. The highest BCUT2D eigenvalue weighted by atomic mass is 19.4. The number of benzene rings is 2. The van der Waals surface area contributed by atoms with E-state index < -0.39 is 36.0 Å². The zero-order valence-electron chi connectivity index (χ0n) is 16.4. The van der Waals surface area contributed by atoms with E-state index >= 15 is 0 Å². The van der Waals surface area contributed by atoms with E-state index in [0.29, 0.717) is 0 Å². The summed E-state index contributed by atoms with van der Waals surface area (Å²) in [5.74, 6) is -1.49. The molecule has 31 heavy (non-hydrogen) atoms. The van der Waals surface area contributed by atoms with Crippen LogP contribution in [0.1, 0.15) is 21.5 Å². The van der Waals surface area contributed by atoms with E-state index in [4.69, 9.17) is 9.84 Å². The maximum atomic E-state index is 14.6. The number of aliphatic hydroxyl groups excluding tert-OH is 1. The lowest BCUT2D eigenvalue weighted by molar-refractivity contribution is -0.137. The van der Waals surface area contributed by atoms with Crippen molar-refractivity contribution >= 4 is 17.5 Å². The van der Waals surface area contributed by atoms with Gasteiger partial charge in [-0.1, -0.05) is 18.2 Å². The maximum Gasteiger partial charge on any atom is 0.416 e. The fourth-order valence-corrected chi connectivity index (χ4v) is 3.16. The van der Waals surface area contributed by atoms with Gasteiger partial charge < -0.3 is 14.7 Å². The number of anilines is 1. The molecule has 0 aromatic heterocycles. The Labute approximate surface area is 175 Å². The molecule has 1 aliphatic heterocycles. The molecule has 2 aromatic carbocycles. The first-order valence-electron chi connectivity index (χ1n) is 9.44. The lowest BCUT2D eigenvalue weighted by Crippen LogP contribution is -2.48. The number of urea groups is 1. The summed E-state index contributed by atoms with van der Waals surface area (Å²) in [5, 5.41) is 8.92. The number of ether oxygens (including phenoxy) is 1. The second-order valence-corrected chi connectivity index (χ2v) is 6.90. The van der Waals surface area contributed by atoms with Crippen molar-refractivity contribution in [1.82, 2.24) is 4.90 Å². The molecular weight excluding hydrogens is 420 g/mol. The van der Waals surface area contributed by atoms with E-state index in [-0.39, 0.29) is 49.7 Å². The summed E-state index contributed by atoms with van der Waals surface area (Å²) in [5.41, 5.74) is -1.02. The van der Waals surface area contributed by atoms with Gasteiger partial charge in [0.05, 0.1) is 25.3 Å². The van der Waals surface area contributed by atoms with Crippen LogP contribution in [0.15, 0.2) is 42.5 Å². The minimum Gasteiger partial charge on any atom is -0.388 e. The van der Waals surface area contributed by atoms with Crippen molar-refractivity contribution in [3.63, 3.8) is 0 Å². The van der Waals surface area contributed by atoms with E-state index in [1.165, 1.54) is 29.2 Å². The molecule has 166 valence electrons. The first-order valence-corrected chi connectivity index (χ1v) is 9.44. The highest BCUT2D eigenvalue weighted by Crippen LogP contribution is 2.32. The third kappa shape index (κ3) is 5.39. The van der Waals surface area contributed by atoms with E-state index in [2.05, 4.69) is 0 Å². The number of aliphatic hydroxyl groups is 1. The normalized spacial score (nSPS) is 14.4. The summed E-state index contributed by atoms with van der Waals surface area (Å²) in [7, 11) is 0. The molecule has 0 atom stereocenters. The van der Waals surface area contributed by atoms with Crippen LogP contribution in [0.5, 0.6) is 0 Å². The molecule has 0 bridgehead atoms. The number of hydrogen-bond donors (Lipinski definition) is 1. The topological polar surface area (TPSA) is 70.1 Å². The summed E-state index contributed by atoms with van der Waals surface area (Å²) in [6, 6.07) is 7.14. The molecule has 10 heteroatoms. The number of carbonyl (C=O) groups excluding carboxylic acids is 2. The summed E-state index contributed by atoms with van der Waals surface area (Å²) in [6.07, 6.45) is -4.61. The number of hydrogen-bond acceptors (Lipinski definition) is 4. The van der Waals surface area contributed by atoms with Crippen molar-refractivity contribution in [3.8, 4) is 0 Å².